The topological polar surface area (TPSA) is 46.5 Å². The second-order valence-corrected chi connectivity index (χ2v) is 3.54. The van der Waals surface area contributed by atoms with Gasteiger partial charge in [-0.2, -0.15) is 0 Å². The summed E-state index contributed by atoms with van der Waals surface area (Å²) in [6.07, 6.45) is -0.378. The fourth-order valence-electron chi connectivity index (χ4n) is 1.60. The van der Waals surface area contributed by atoms with Crippen molar-refractivity contribution in [2.24, 2.45) is 5.92 Å². The van der Waals surface area contributed by atoms with Gasteiger partial charge in [-0.15, -0.1) is 0 Å². The quantitative estimate of drug-likeness (QED) is 0.767. The molecule has 1 heterocycles. The molecule has 5 heteroatoms. The molecule has 1 aliphatic heterocycles. The van der Waals surface area contributed by atoms with Crippen LogP contribution in [-0.2, 0) is 9.53 Å². The maximum Gasteiger partial charge on any atom is 0.303 e. The molecule has 0 radical (unpaired) electrons. The van der Waals surface area contributed by atoms with Crippen LogP contribution in [0.1, 0.15) is 25.7 Å². The van der Waals surface area contributed by atoms with Crippen LogP contribution in [0.4, 0.5) is 8.78 Å². The van der Waals surface area contributed by atoms with Crippen molar-refractivity contribution in [1.29, 1.82) is 0 Å². The van der Waals surface area contributed by atoms with Gasteiger partial charge in [0, 0.05) is 25.6 Å². The maximum atomic E-state index is 13.4. The van der Waals surface area contributed by atoms with Gasteiger partial charge in [0.15, 0.2) is 0 Å². The summed E-state index contributed by atoms with van der Waals surface area (Å²) >= 11 is 0. The van der Waals surface area contributed by atoms with Crippen LogP contribution < -0.4 is 0 Å². The molecule has 82 valence electrons. The van der Waals surface area contributed by atoms with Gasteiger partial charge in [0.2, 0.25) is 0 Å². The Morgan fingerprint density at radius 2 is 2.00 bits per heavy atom. The summed E-state index contributed by atoms with van der Waals surface area (Å²) in [6.45, 7) is 0.709. The van der Waals surface area contributed by atoms with E-state index in [0.29, 0.717) is 26.1 Å². The highest BCUT2D eigenvalue weighted by atomic mass is 19.3. The summed E-state index contributed by atoms with van der Waals surface area (Å²) in [5.41, 5.74) is 0. The first-order valence-electron chi connectivity index (χ1n) is 4.70. The van der Waals surface area contributed by atoms with Crippen LogP contribution in [0, 0.1) is 5.92 Å². The number of alkyl halides is 2. The number of rotatable bonds is 4. The van der Waals surface area contributed by atoms with Crippen molar-refractivity contribution >= 4 is 5.97 Å². The molecule has 14 heavy (non-hydrogen) atoms. The molecule has 0 aromatic heterocycles. The molecule has 3 nitrogen and oxygen atoms in total. The number of carbonyl (C=O) groups is 1. The van der Waals surface area contributed by atoms with Gasteiger partial charge >= 0.3 is 5.97 Å². The van der Waals surface area contributed by atoms with Crippen molar-refractivity contribution in [3.63, 3.8) is 0 Å². The monoisotopic (exact) mass is 208 g/mol. The van der Waals surface area contributed by atoms with E-state index in [1.165, 1.54) is 0 Å². The van der Waals surface area contributed by atoms with E-state index >= 15 is 0 Å². The van der Waals surface area contributed by atoms with Gasteiger partial charge in [0.1, 0.15) is 0 Å². The molecule has 0 aromatic carbocycles. The van der Waals surface area contributed by atoms with Gasteiger partial charge in [-0.05, 0) is 12.8 Å². The summed E-state index contributed by atoms with van der Waals surface area (Å²) in [5, 5.41) is 8.32. The molecular weight excluding hydrogens is 194 g/mol. The second-order valence-electron chi connectivity index (χ2n) is 3.54. The minimum absolute atomic E-state index is 0.326. The van der Waals surface area contributed by atoms with Crippen LogP contribution in [-0.4, -0.2) is 30.2 Å². The average Bonchev–Trinajstić information content (AvgIpc) is 2.16. The van der Waals surface area contributed by atoms with Crippen molar-refractivity contribution < 1.29 is 23.4 Å². The SMILES string of the molecule is O=C(O)CCC(F)(F)C1CCOCC1. The summed E-state index contributed by atoms with van der Waals surface area (Å²) in [5.74, 6) is -4.74. The zero-order valence-corrected chi connectivity index (χ0v) is 7.84. The van der Waals surface area contributed by atoms with E-state index in [9.17, 15) is 13.6 Å². The summed E-state index contributed by atoms with van der Waals surface area (Å²) < 4.78 is 31.7. The third kappa shape index (κ3) is 3.21. The average molecular weight is 208 g/mol. The molecule has 1 aliphatic rings. The largest absolute Gasteiger partial charge is 0.481 e. The van der Waals surface area contributed by atoms with Crippen LogP contribution in [0.2, 0.25) is 0 Å². The summed E-state index contributed by atoms with van der Waals surface area (Å²) in [7, 11) is 0. The summed E-state index contributed by atoms with van der Waals surface area (Å²) in [6, 6.07) is 0. The predicted octanol–water partition coefficient (Wildman–Crippen LogP) is 1.91. The van der Waals surface area contributed by atoms with E-state index in [4.69, 9.17) is 9.84 Å². The van der Waals surface area contributed by atoms with Gasteiger partial charge in [-0.3, -0.25) is 4.79 Å². The third-order valence-corrected chi connectivity index (χ3v) is 2.49. The Kier molecular flexibility index (Phi) is 3.80. The lowest BCUT2D eigenvalue weighted by Crippen LogP contribution is -2.33. The Labute approximate surface area is 81.1 Å². The molecule has 0 atom stereocenters. The molecule has 1 rings (SSSR count). The number of hydrogen-bond acceptors (Lipinski definition) is 2. The number of halogens is 2. The lowest BCUT2D eigenvalue weighted by atomic mass is 9.90. The molecule has 0 unspecified atom stereocenters. The predicted molar refractivity (Wildman–Crippen MR) is 45.4 cm³/mol. The van der Waals surface area contributed by atoms with Crippen LogP contribution in [0.25, 0.3) is 0 Å². The van der Waals surface area contributed by atoms with Gasteiger partial charge in [0.05, 0.1) is 6.42 Å². The van der Waals surface area contributed by atoms with Gasteiger partial charge in [-0.25, -0.2) is 8.78 Å². The Bertz CT molecular complexity index is 200. The first-order valence-corrected chi connectivity index (χ1v) is 4.70. The van der Waals surface area contributed by atoms with Crippen molar-refractivity contribution in [2.75, 3.05) is 13.2 Å². The van der Waals surface area contributed by atoms with Crippen LogP contribution in [0.5, 0.6) is 0 Å². The highest BCUT2D eigenvalue weighted by molar-refractivity contribution is 5.66. The minimum Gasteiger partial charge on any atom is -0.481 e. The first-order chi connectivity index (χ1) is 6.52. The van der Waals surface area contributed by atoms with Gasteiger partial charge in [0.25, 0.3) is 5.92 Å². The van der Waals surface area contributed by atoms with Gasteiger partial charge in [-0.1, -0.05) is 0 Å². The maximum absolute atomic E-state index is 13.4. The summed E-state index contributed by atoms with van der Waals surface area (Å²) in [4.78, 5) is 10.2. The molecule has 0 spiro atoms. The Balaban J connectivity index is 2.41. The molecule has 0 amide bonds. The number of aliphatic carboxylic acids is 1. The zero-order chi connectivity index (χ0) is 10.6. The van der Waals surface area contributed by atoms with Crippen molar-refractivity contribution in [1.82, 2.24) is 0 Å². The van der Waals surface area contributed by atoms with Crippen molar-refractivity contribution in [3.8, 4) is 0 Å². The standard InChI is InChI=1S/C9H14F2O3/c10-9(11,4-1-8(12)13)7-2-5-14-6-3-7/h7H,1-6H2,(H,12,13). The molecule has 1 saturated heterocycles. The Morgan fingerprint density at radius 1 is 1.43 bits per heavy atom. The zero-order valence-electron chi connectivity index (χ0n) is 7.84. The molecule has 1 fully saturated rings. The van der Waals surface area contributed by atoms with Gasteiger partial charge < -0.3 is 9.84 Å². The Hall–Kier alpha value is -0.710. The molecule has 0 aliphatic carbocycles. The normalized spacial score (nSPS) is 19.6. The number of carboxylic acids is 1. The van der Waals surface area contributed by atoms with E-state index in [-0.39, 0.29) is 0 Å². The fraction of sp³-hybridized carbons (Fsp3) is 0.889. The highest BCUT2D eigenvalue weighted by Crippen LogP contribution is 2.35. The highest BCUT2D eigenvalue weighted by Gasteiger charge is 2.39. The molecule has 1 N–H and O–H groups in total. The number of ether oxygens (including phenoxy) is 1. The van der Waals surface area contributed by atoms with E-state index in [2.05, 4.69) is 0 Å². The molecular formula is C9H14F2O3. The molecule has 0 saturated carbocycles. The number of carboxylic acid groups (broad SMARTS) is 1. The number of hydrogen-bond donors (Lipinski definition) is 1. The van der Waals surface area contributed by atoms with Crippen LogP contribution >= 0.6 is 0 Å². The van der Waals surface area contributed by atoms with E-state index in [0.717, 1.165) is 0 Å². The van der Waals surface area contributed by atoms with E-state index < -0.39 is 30.7 Å². The smallest absolute Gasteiger partial charge is 0.303 e. The third-order valence-electron chi connectivity index (χ3n) is 2.49. The van der Waals surface area contributed by atoms with Crippen LogP contribution in [0.3, 0.4) is 0 Å². The molecule has 0 aromatic rings. The fourth-order valence-corrected chi connectivity index (χ4v) is 1.60. The first kappa shape index (κ1) is 11.4. The molecule has 0 bridgehead atoms. The van der Waals surface area contributed by atoms with Crippen molar-refractivity contribution in [2.45, 2.75) is 31.6 Å². The van der Waals surface area contributed by atoms with Crippen LogP contribution in [0.15, 0.2) is 0 Å². The second kappa shape index (κ2) is 4.68. The lowest BCUT2D eigenvalue weighted by molar-refractivity contribution is -0.142. The van der Waals surface area contributed by atoms with E-state index in [1.54, 1.807) is 0 Å². The van der Waals surface area contributed by atoms with E-state index in [1.807, 2.05) is 0 Å². The Morgan fingerprint density at radius 3 is 2.50 bits per heavy atom. The lowest BCUT2D eigenvalue weighted by Gasteiger charge is -2.29. The minimum atomic E-state index is -2.86. The van der Waals surface area contributed by atoms with Crippen molar-refractivity contribution in [3.05, 3.63) is 0 Å².